The van der Waals surface area contributed by atoms with Gasteiger partial charge in [-0.1, -0.05) is 0 Å². The second-order valence-corrected chi connectivity index (χ2v) is 4.46. The average molecular weight is 196 g/mol. The summed E-state index contributed by atoms with van der Waals surface area (Å²) >= 11 is 0. The number of Topliss-reactive ketones (excluding diaryl/α,β-unsaturated/α-hetero) is 1. The van der Waals surface area contributed by atoms with E-state index in [0.717, 1.165) is 0 Å². The van der Waals surface area contributed by atoms with E-state index in [1.165, 1.54) is 6.92 Å². The third-order valence-electron chi connectivity index (χ3n) is 1.35. The Morgan fingerprint density at radius 1 is 1.50 bits per heavy atom. The predicted molar refractivity (Wildman–Crippen MR) is 43.3 cm³/mol. The van der Waals surface area contributed by atoms with E-state index in [-0.39, 0.29) is 6.42 Å². The first-order valence-electron chi connectivity index (χ1n) is 3.34. The molecule has 0 bridgehead atoms. The van der Waals surface area contributed by atoms with Crippen molar-refractivity contribution in [3.63, 3.8) is 0 Å². The molecule has 0 rings (SSSR count). The standard InChI is InChI=1S/C5H13N2O4P/c1-3(6)4(8)2-5(7)12(9,10)11/h3,5H,2,6-7H2,1H3,(H2,9,10,11)/t3-,5?/m0/s1. The third kappa shape index (κ3) is 3.94. The molecule has 0 saturated carbocycles. The molecule has 0 aliphatic rings. The maximum atomic E-state index is 10.9. The minimum atomic E-state index is -4.35. The van der Waals surface area contributed by atoms with Crippen molar-refractivity contribution >= 4 is 13.4 Å². The molecule has 6 N–H and O–H groups in total. The SMILES string of the molecule is C[C@H](N)C(=O)CC(N)P(=O)(O)O. The van der Waals surface area contributed by atoms with Crippen LogP contribution in [0.25, 0.3) is 0 Å². The summed E-state index contributed by atoms with van der Waals surface area (Å²) in [4.78, 5) is 27.9. The van der Waals surface area contributed by atoms with Crippen molar-refractivity contribution in [2.45, 2.75) is 25.2 Å². The summed E-state index contributed by atoms with van der Waals surface area (Å²) in [7, 11) is -4.35. The Kier molecular flexibility index (Phi) is 4.02. The van der Waals surface area contributed by atoms with Gasteiger partial charge in [-0.15, -0.1) is 0 Å². The van der Waals surface area contributed by atoms with Crippen LogP contribution in [0.4, 0.5) is 0 Å². The zero-order valence-electron chi connectivity index (χ0n) is 6.67. The van der Waals surface area contributed by atoms with Crippen LogP contribution in [0.2, 0.25) is 0 Å². The monoisotopic (exact) mass is 196 g/mol. The first-order chi connectivity index (χ1) is 5.25. The molecule has 0 heterocycles. The summed E-state index contributed by atoms with van der Waals surface area (Å²) in [5.41, 5.74) is 10.2. The molecule has 0 aliphatic heterocycles. The number of rotatable bonds is 4. The Morgan fingerprint density at radius 2 is 1.92 bits per heavy atom. The molecule has 1 unspecified atom stereocenters. The Balaban J connectivity index is 4.11. The molecule has 0 fully saturated rings. The van der Waals surface area contributed by atoms with Gasteiger partial charge in [0.1, 0.15) is 5.78 Å². The van der Waals surface area contributed by atoms with Crippen LogP contribution in [0.1, 0.15) is 13.3 Å². The van der Waals surface area contributed by atoms with Gasteiger partial charge in [0.2, 0.25) is 0 Å². The van der Waals surface area contributed by atoms with E-state index in [1.54, 1.807) is 0 Å². The molecule has 0 aliphatic carbocycles. The van der Waals surface area contributed by atoms with E-state index in [1.807, 2.05) is 0 Å². The van der Waals surface area contributed by atoms with Gasteiger partial charge in [-0.25, -0.2) is 0 Å². The smallest absolute Gasteiger partial charge is 0.323 e. The normalized spacial score (nSPS) is 17.1. The van der Waals surface area contributed by atoms with Crippen LogP contribution >= 0.6 is 7.60 Å². The van der Waals surface area contributed by atoms with Crippen LogP contribution in [0.5, 0.6) is 0 Å². The van der Waals surface area contributed by atoms with Gasteiger partial charge in [0.05, 0.1) is 6.04 Å². The van der Waals surface area contributed by atoms with Crippen LogP contribution in [0.15, 0.2) is 0 Å². The van der Waals surface area contributed by atoms with Crippen molar-refractivity contribution in [2.24, 2.45) is 11.5 Å². The van der Waals surface area contributed by atoms with Gasteiger partial charge in [0.25, 0.3) is 0 Å². The molecule has 0 aromatic carbocycles. The fraction of sp³-hybridized carbons (Fsp3) is 0.800. The molecule has 2 atom stereocenters. The summed E-state index contributed by atoms with van der Waals surface area (Å²) in [6.07, 6.45) is -0.387. The van der Waals surface area contributed by atoms with E-state index >= 15 is 0 Å². The van der Waals surface area contributed by atoms with Gasteiger partial charge in [-0.2, -0.15) is 0 Å². The summed E-state index contributed by atoms with van der Waals surface area (Å²) in [6, 6.07) is -0.734. The molecular formula is C5H13N2O4P. The number of hydrogen-bond donors (Lipinski definition) is 4. The van der Waals surface area contributed by atoms with E-state index < -0.39 is 25.2 Å². The van der Waals surface area contributed by atoms with Gasteiger partial charge in [-0.05, 0) is 6.92 Å². The van der Waals surface area contributed by atoms with Crippen LogP contribution in [0.3, 0.4) is 0 Å². The highest BCUT2D eigenvalue weighted by atomic mass is 31.2. The molecule has 0 amide bonds. The summed E-state index contributed by atoms with van der Waals surface area (Å²) in [5.74, 6) is -1.89. The van der Waals surface area contributed by atoms with Crippen molar-refractivity contribution < 1.29 is 19.1 Å². The third-order valence-corrected chi connectivity index (χ3v) is 2.40. The fourth-order valence-corrected chi connectivity index (χ4v) is 0.929. The molecule has 0 radical (unpaired) electrons. The Hall–Kier alpha value is -0.260. The highest BCUT2D eigenvalue weighted by Gasteiger charge is 2.27. The van der Waals surface area contributed by atoms with Crippen molar-refractivity contribution in [1.29, 1.82) is 0 Å². The minimum absolute atomic E-state index is 0.387. The zero-order chi connectivity index (χ0) is 9.94. The quantitative estimate of drug-likeness (QED) is 0.416. The van der Waals surface area contributed by atoms with Crippen LogP contribution in [-0.4, -0.2) is 27.4 Å². The van der Waals surface area contributed by atoms with Crippen LogP contribution in [0, 0.1) is 0 Å². The van der Waals surface area contributed by atoms with Gasteiger partial charge in [-0.3, -0.25) is 9.36 Å². The first-order valence-corrected chi connectivity index (χ1v) is 5.02. The molecule has 0 spiro atoms. The van der Waals surface area contributed by atoms with Crippen LogP contribution < -0.4 is 11.5 Å². The number of carbonyl (C=O) groups is 1. The van der Waals surface area contributed by atoms with E-state index in [4.69, 9.17) is 21.3 Å². The maximum absolute atomic E-state index is 10.9. The fourth-order valence-electron chi connectivity index (χ4n) is 0.511. The summed E-state index contributed by atoms with van der Waals surface area (Å²) in [6.45, 7) is 1.44. The van der Waals surface area contributed by atoms with Gasteiger partial charge < -0.3 is 21.3 Å². The number of hydrogen-bond acceptors (Lipinski definition) is 4. The molecular weight excluding hydrogens is 183 g/mol. The lowest BCUT2D eigenvalue weighted by atomic mass is 10.2. The van der Waals surface area contributed by atoms with E-state index in [9.17, 15) is 9.36 Å². The lowest BCUT2D eigenvalue weighted by Crippen LogP contribution is -2.33. The molecule has 72 valence electrons. The second kappa shape index (κ2) is 4.11. The topological polar surface area (TPSA) is 127 Å². The predicted octanol–water partition coefficient (Wildman–Crippen LogP) is -1.24. The molecule has 12 heavy (non-hydrogen) atoms. The second-order valence-electron chi connectivity index (χ2n) is 2.62. The summed E-state index contributed by atoms with van der Waals surface area (Å²) < 4.78 is 10.5. The molecule has 0 aromatic heterocycles. The van der Waals surface area contributed by atoms with Crippen molar-refractivity contribution in [2.75, 3.05) is 0 Å². The van der Waals surface area contributed by atoms with Crippen molar-refractivity contribution in [1.82, 2.24) is 0 Å². The van der Waals surface area contributed by atoms with Crippen molar-refractivity contribution in [3.05, 3.63) is 0 Å². The maximum Gasteiger partial charge on any atom is 0.342 e. The minimum Gasteiger partial charge on any atom is -0.323 e. The lowest BCUT2D eigenvalue weighted by Gasteiger charge is -2.13. The Bertz CT molecular complexity index is 211. The summed E-state index contributed by atoms with van der Waals surface area (Å²) in [5, 5.41) is 0. The zero-order valence-corrected chi connectivity index (χ0v) is 7.57. The van der Waals surface area contributed by atoms with Crippen molar-refractivity contribution in [3.8, 4) is 0 Å². The lowest BCUT2D eigenvalue weighted by molar-refractivity contribution is -0.120. The molecule has 0 saturated heterocycles. The highest BCUT2D eigenvalue weighted by molar-refractivity contribution is 7.52. The van der Waals surface area contributed by atoms with E-state index in [0.29, 0.717) is 0 Å². The molecule has 0 aromatic rings. The number of nitrogens with two attached hydrogens (primary N) is 2. The number of carbonyl (C=O) groups excluding carboxylic acids is 1. The van der Waals surface area contributed by atoms with Gasteiger partial charge in [0, 0.05) is 6.42 Å². The largest absolute Gasteiger partial charge is 0.342 e. The molecule has 6 nitrogen and oxygen atoms in total. The molecule has 7 heteroatoms. The Morgan fingerprint density at radius 3 is 2.17 bits per heavy atom. The van der Waals surface area contributed by atoms with Crippen LogP contribution in [-0.2, 0) is 9.36 Å². The highest BCUT2D eigenvalue weighted by Crippen LogP contribution is 2.39. The first kappa shape index (κ1) is 11.7. The van der Waals surface area contributed by atoms with E-state index in [2.05, 4.69) is 0 Å². The number of ketones is 1. The average Bonchev–Trinajstić information content (AvgIpc) is 1.85. The van der Waals surface area contributed by atoms with Gasteiger partial charge in [0.15, 0.2) is 5.78 Å². The Labute approximate surface area is 70.1 Å². The van der Waals surface area contributed by atoms with Gasteiger partial charge >= 0.3 is 7.60 Å².